The molecule has 4 fully saturated rings. The third kappa shape index (κ3) is 21.6. The average Bonchev–Trinajstić information content (AvgIpc) is 3.92. The van der Waals surface area contributed by atoms with Gasteiger partial charge in [0.25, 0.3) is 0 Å². The fraction of sp³-hybridized carbons (Fsp3) is 0.867. The van der Waals surface area contributed by atoms with Crippen molar-refractivity contribution in [3.8, 4) is 0 Å². The summed E-state index contributed by atoms with van der Waals surface area (Å²) in [4.78, 5) is 42.8. The van der Waals surface area contributed by atoms with E-state index in [0.717, 1.165) is 98.1 Å². The Bertz CT molecular complexity index is 894. The zero-order valence-corrected chi connectivity index (χ0v) is 31.3. The SMILES string of the molecule is O=C1OCC(CCSCCOCCSCCC2COC(=O)O2)O1.O=C1OCC(OCCCSCCOCCSCCCOC2COC(=O)O2)O1. The van der Waals surface area contributed by atoms with Crippen LogP contribution in [0.15, 0.2) is 0 Å². The molecule has 0 spiro atoms. The van der Waals surface area contributed by atoms with E-state index in [9.17, 15) is 19.2 Å². The molecule has 0 aromatic rings. The molecule has 4 heterocycles. The zero-order valence-electron chi connectivity index (χ0n) is 28.0. The molecule has 4 aliphatic heterocycles. The third-order valence-corrected chi connectivity index (χ3v) is 10.6. The van der Waals surface area contributed by atoms with Crippen LogP contribution in [0.4, 0.5) is 19.2 Å². The van der Waals surface area contributed by atoms with Crippen LogP contribution in [0.5, 0.6) is 0 Å². The maximum Gasteiger partial charge on any atom is 0.510 e. The fourth-order valence-electron chi connectivity index (χ4n) is 4.07. The minimum absolute atomic E-state index is 0.0862. The van der Waals surface area contributed by atoms with Crippen molar-refractivity contribution >= 4 is 71.7 Å². The van der Waals surface area contributed by atoms with Gasteiger partial charge in [-0.25, -0.2) is 19.2 Å². The van der Waals surface area contributed by atoms with Crippen LogP contribution in [-0.2, 0) is 56.8 Å². The second-order valence-corrected chi connectivity index (χ2v) is 15.4. The molecule has 50 heavy (non-hydrogen) atoms. The predicted molar refractivity (Wildman–Crippen MR) is 186 cm³/mol. The predicted octanol–water partition coefficient (Wildman–Crippen LogP) is 4.59. The van der Waals surface area contributed by atoms with Crippen molar-refractivity contribution in [3.05, 3.63) is 0 Å². The number of ether oxygens (including phenoxy) is 12. The number of rotatable bonds is 28. The van der Waals surface area contributed by atoms with E-state index in [4.69, 9.17) is 47.4 Å². The van der Waals surface area contributed by atoms with Gasteiger partial charge in [-0.2, -0.15) is 47.0 Å². The molecule has 0 aliphatic carbocycles. The topological polar surface area (TPSA) is 179 Å². The van der Waals surface area contributed by atoms with Gasteiger partial charge < -0.3 is 56.8 Å². The van der Waals surface area contributed by atoms with Gasteiger partial charge in [0.1, 0.15) is 25.4 Å². The summed E-state index contributed by atoms with van der Waals surface area (Å²) in [7, 11) is 0. The molecule has 0 saturated carbocycles. The van der Waals surface area contributed by atoms with Crippen molar-refractivity contribution in [2.75, 3.05) is 112 Å². The lowest BCUT2D eigenvalue weighted by Crippen LogP contribution is -2.16. The summed E-state index contributed by atoms with van der Waals surface area (Å²) in [6.45, 7) is 5.11. The summed E-state index contributed by atoms with van der Waals surface area (Å²) in [6.07, 6.45) is -0.287. The first-order valence-corrected chi connectivity index (χ1v) is 21.1. The molecule has 0 N–H and O–H groups in total. The molecule has 0 radical (unpaired) electrons. The first-order valence-electron chi connectivity index (χ1n) is 16.5. The molecule has 4 unspecified atom stereocenters. The Labute approximate surface area is 309 Å². The molecule has 4 rings (SSSR count). The third-order valence-electron chi connectivity index (χ3n) is 6.56. The minimum Gasteiger partial charge on any atom is -0.430 e. The van der Waals surface area contributed by atoms with E-state index >= 15 is 0 Å². The lowest BCUT2D eigenvalue weighted by atomic mass is 10.3. The quantitative estimate of drug-likeness (QED) is 0.0610. The van der Waals surface area contributed by atoms with Crippen LogP contribution in [0, 0.1) is 0 Å². The van der Waals surface area contributed by atoms with Gasteiger partial charge in [0, 0.05) is 23.0 Å². The molecule has 4 aliphatic rings. The molecule has 0 amide bonds. The second kappa shape index (κ2) is 27.9. The van der Waals surface area contributed by atoms with Gasteiger partial charge in [-0.05, 0) is 48.7 Å². The molecule has 20 heteroatoms. The maximum atomic E-state index is 10.7. The Morgan fingerprint density at radius 3 is 1.14 bits per heavy atom. The van der Waals surface area contributed by atoms with Gasteiger partial charge in [0.15, 0.2) is 13.2 Å². The van der Waals surface area contributed by atoms with E-state index in [1.807, 2.05) is 23.5 Å². The standard InChI is InChI=1S/C16H26O9S2.C14H22O7S2/c17-15-22-11-13(24-15)20-3-1-7-26-9-5-19-6-10-27-8-2-4-21-14-12-23-16(18)25-14;15-13-18-9-11(20-13)1-5-22-7-3-17-4-8-23-6-2-12-10-19-14(16)21-12/h13-14H,1-12H2;11-12H,1-10H2. The van der Waals surface area contributed by atoms with Crippen LogP contribution < -0.4 is 0 Å². The summed E-state index contributed by atoms with van der Waals surface area (Å²) in [5.41, 5.74) is 0. The summed E-state index contributed by atoms with van der Waals surface area (Å²) in [5.74, 6) is 7.57. The molecule has 0 aromatic carbocycles. The van der Waals surface area contributed by atoms with Crippen molar-refractivity contribution in [3.63, 3.8) is 0 Å². The maximum absolute atomic E-state index is 10.7. The summed E-state index contributed by atoms with van der Waals surface area (Å²) < 4.78 is 59.9. The number of carbonyl (C=O) groups excluding carboxylic acids is 4. The number of cyclic esters (lactones) is 8. The van der Waals surface area contributed by atoms with Gasteiger partial charge in [-0.3, -0.25) is 0 Å². The lowest BCUT2D eigenvalue weighted by molar-refractivity contribution is -0.0769. The van der Waals surface area contributed by atoms with Crippen molar-refractivity contribution < 1.29 is 76.0 Å². The molecule has 4 saturated heterocycles. The highest BCUT2D eigenvalue weighted by molar-refractivity contribution is 7.99. The number of hydrogen-bond donors (Lipinski definition) is 0. The second-order valence-electron chi connectivity index (χ2n) is 10.5. The highest BCUT2D eigenvalue weighted by atomic mass is 32.2. The van der Waals surface area contributed by atoms with E-state index in [1.165, 1.54) is 0 Å². The molecule has 288 valence electrons. The molecule has 0 bridgehead atoms. The van der Waals surface area contributed by atoms with Gasteiger partial charge >= 0.3 is 24.6 Å². The summed E-state index contributed by atoms with van der Waals surface area (Å²) >= 11 is 7.19. The van der Waals surface area contributed by atoms with E-state index in [-0.39, 0.29) is 25.4 Å². The summed E-state index contributed by atoms with van der Waals surface area (Å²) in [6, 6.07) is 0. The van der Waals surface area contributed by atoms with Gasteiger partial charge in [-0.1, -0.05) is 0 Å². The zero-order chi connectivity index (χ0) is 35.5. The van der Waals surface area contributed by atoms with E-state index < -0.39 is 37.2 Å². The lowest BCUT2D eigenvalue weighted by Gasteiger charge is -2.08. The Hall–Kier alpha value is -1.68. The largest absolute Gasteiger partial charge is 0.510 e. The van der Waals surface area contributed by atoms with Gasteiger partial charge in [0.2, 0.25) is 12.6 Å². The van der Waals surface area contributed by atoms with Crippen molar-refractivity contribution in [1.29, 1.82) is 0 Å². The minimum atomic E-state index is -0.663. The Morgan fingerprint density at radius 2 is 0.800 bits per heavy atom. The van der Waals surface area contributed by atoms with Crippen LogP contribution in [0.25, 0.3) is 0 Å². The van der Waals surface area contributed by atoms with Crippen molar-refractivity contribution in [1.82, 2.24) is 0 Å². The molecule has 16 nitrogen and oxygen atoms in total. The van der Waals surface area contributed by atoms with Crippen molar-refractivity contribution in [2.45, 2.75) is 50.5 Å². The van der Waals surface area contributed by atoms with Gasteiger partial charge in [-0.15, -0.1) is 0 Å². The number of carbonyl (C=O) groups is 4. The first-order chi connectivity index (χ1) is 24.5. The first kappa shape index (κ1) is 42.7. The molecule has 4 atom stereocenters. The highest BCUT2D eigenvalue weighted by Crippen LogP contribution is 2.15. The molecule has 0 aromatic heterocycles. The number of thioether (sulfide) groups is 4. The van der Waals surface area contributed by atoms with Gasteiger partial charge in [0.05, 0.1) is 39.6 Å². The van der Waals surface area contributed by atoms with Crippen molar-refractivity contribution in [2.24, 2.45) is 0 Å². The Balaban J connectivity index is 0.000000274. The van der Waals surface area contributed by atoms with E-state index in [2.05, 4.69) is 9.47 Å². The summed E-state index contributed by atoms with van der Waals surface area (Å²) in [5, 5.41) is 0. The van der Waals surface area contributed by atoms with Crippen LogP contribution in [0.1, 0.15) is 25.7 Å². The highest BCUT2D eigenvalue weighted by Gasteiger charge is 2.27. The Kier molecular flexibility index (Phi) is 23.8. The normalized spacial score (nSPS) is 22.4. The average molecular weight is 793 g/mol. The Morgan fingerprint density at radius 1 is 0.440 bits per heavy atom. The molecular weight excluding hydrogens is 745 g/mol. The van der Waals surface area contributed by atoms with Crippen LogP contribution in [0.3, 0.4) is 0 Å². The molecular formula is C30H48O16S4. The smallest absolute Gasteiger partial charge is 0.430 e. The monoisotopic (exact) mass is 792 g/mol. The van der Waals surface area contributed by atoms with Crippen LogP contribution in [-0.4, -0.2) is 162 Å². The fourth-order valence-corrected chi connectivity index (χ4v) is 7.33. The van der Waals surface area contributed by atoms with Crippen LogP contribution in [0.2, 0.25) is 0 Å². The number of hydrogen-bond acceptors (Lipinski definition) is 20. The van der Waals surface area contributed by atoms with E-state index in [1.54, 1.807) is 23.5 Å². The van der Waals surface area contributed by atoms with Crippen LogP contribution >= 0.6 is 47.0 Å². The van der Waals surface area contributed by atoms with E-state index in [0.29, 0.717) is 26.4 Å².